The lowest BCUT2D eigenvalue weighted by molar-refractivity contribution is 0.118. The van der Waals surface area contributed by atoms with Crippen LogP contribution in [0.25, 0.3) is 10.2 Å². The fourth-order valence-corrected chi connectivity index (χ4v) is 6.20. The third-order valence-corrected chi connectivity index (χ3v) is 7.92. The number of anilines is 1. The summed E-state index contributed by atoms with van der Waals surface area (Å²) >= 11 is 1.68. The molecule has 0 aliphatic heterocycles. The van der Waals surface area contributed by atoms with E-state index in [2.05, 4.69) is 63.1 Å². The minimum Gasteiger partial charge on any atom is -0.389 e. The summed E-state index contributed by atoms with van der Waals surface area (Å²) in [6.07, 6.45) is 6.17. The van der Waals surface area contributed by atoms with Gasteiger partial charge in [0.2, 0.25) is 0 Å². The Labute approximate surface area is 203 Å². The lowest BCUT2D eigenvalue weighted by Crippen LogP contribution is -2.11. The van der Waals surface area contributed by atoms with E-state index in [4.69, 9.17) is 4.74 Å². The summed E-state index contributed by atoms with van der Waals surface area (Å²) in [5.74, 6) is 1.03. The molecule has 2 N–H and O–H groups in total. The predicted octanol–water partition coefficient (Wildman–Crippen LogP) is 5.78. The second-order valence-corrected chi connectivity index (χ2v) is 9.98. The Hall–Kier alpha value is -3.06. The maximum absolute atomic E-state index is 10.7. The molecule has 6 heteroatoms. The van der Waals surface area contributed by atoms with Gasteiger partial charge in [0, 0.05) is 5.92 Å². The molecular formula is C28H27N3O2S. The van der Waals surface area contributed by atoms with Crippen LogP contribution in [0.15, 0.2) is 78.0 Å². The maximum Gasteiger partial charge on any atom is 0.147 e. The Morgan fingerprint density at radius 1 is 1.00 bits per heavy atom. The van der Waals surface area contributed by atoms with Crippen LogP contribution in [-0.2, 0) is 17.8 Å². The van der Waals surface area contributed by atoms with E-state index in [1.165, 1.54) is 11.1 Å². The average molecular weight is 470 g/mol. The van der Waals surface area contributed by atoms with Crippen molar-refractivity contribution < 1.29 is 9.84 Å². The van der Waals surface area contributed by atoms with Crippen LogP contribution >= 0.6 is 11.3 Å². The Kier molecular flexibility index (Phi) is 5.87. The normalized spacial score (nSPS) is 21.6. The van der Waals surface area contributed by atoms with E-state index in [1.54, 1.807) is 17.7 Å². The highest BCUT2D eigenvalue weighted by Crippen LogP contribution is 2.41. The number of ether oxygens (including phenoxy) is 1. The number of nitrogens with zero attached hydrogens (tertiary/aromatic N) is 2. The molecule has 4 aromatic rings. The third kappa shape index (κ3) is 4.13. The molecule has 172 valence electrons. The number of nitrogens with one attached hydrogen (secondary N) is 1. The van der Waals surface area contributed by atoms with Crippen LogP contribution in [0, 0.1) is 0 Å². The second-order valence-electron chi connectivity index (χ2n) is 9.10. The average Bonchev–Trinajstić information content (AvgIpc) is 3.58. The summed E-state index contributed by atoms with van der Waals surface area (Å²) in [5, 5.41) is 16.5. The SMILES string of the molecule is O[C@@H]1C[C@H](c2csc3c(N[C@H]4CCc5ccccc54)ncnc23)C=C1COCc1ccccc1. The predicted molar refractivity (Wildman–Crippen MR) is 136 cm³/mol. The monoisotopic (exact) mass is 469 g/mol. The molecule has 5 nitrogen and oxygen atoms in total. The first-order chi connectivity index (χ1) is 16.8. The van der Waals surface area contributed by atoms with Gasteiger partial charge < -0.3 is 15.2 Å². The van der Waals surface area contributed by atoms with Crippen molar-refractivity contribution in [2.24, 2.45) is 0 Å². The van der Waals surface area contributed by atoms with Crippen molar-refractivity contribution in [3.63, 3.8) is 0 Å². The molecular weight excluding hydrogens is 442 g/mol. The second kappa shape index (κ2) is 9.29. The molecule has 2 aromatic carbocycles. The van der Waals surface area contributed by atoms with Gasteiger partial charge >= 0.3 is 0 Å². The smallest absolute Gasteiger partial charge is 0.147 e. The van der Waals surface area contributed by atoms with Crippen LogP contribution in [0.5, 0.6) is 0 Å². The Morgan fingerprint density at radius 2 is 1.85 bits per heavy atom. The number of thiophene rings is 1. The van der Waals surface area contributed by atoms with Gasteiger partial charge in [-0.15, -0.1) is 11.3 Å². The first-order valence-corrected chi connectivity index (χ1v) is 12.7. The molecule has 2 aromatic heterocycles. The van der Waals surface area contributed by atoms with Crippen molar-refractivity contribution in [3.8, 4) is 0 Å². The lowest BCUT2D eigenvalue weighted by atomic mass is 10.0. The Balaban J connectivity index is 1.19. The van der Waals surface area contributed by atoms with Crippen LogP contribution < -0.4 is 5.32 Å². The number of allylic oxidation sites excluding steroid dienone is 1. The summed E-state index contributed by atoms with van der Waals surface area (Å²) < 4.78 is 6.97. The quantitative estimate of drug-likeness (QED) is 0.336. The zero-order valence-electron chi connectivity index (χ0n) is 18.9. The number of benzene rings is 2. The van der Waals surface area contributed by atoms with E-state index in [9.17, 15) is 5.11 Å². The van der Waals surface area contributed by atoms with Crippen molar-refractivity contribution in [2.75, 3.05) is 11.9 Å². The van der Waals surface area contributed by atoms with E-state index >= 15 is 0 Å². The van der Waals surface area contributed by atoms with Crippen LogP contribution in [0.1, 0.15) is 47.1 Å². The fourth-order valence-electron chi connectivity index (χ4n) is 5.16. The minimum absolute atomic E-state index is 0.133. The number of aryl methyl sites for hydroxylation is 1. The Morgan fingerprint density at radius 3 is 2.76 bits per heavy atom. The number of fused-ring (bicyclic) bond motifs is 2. The van der Waals surface area contributed by atoms with Crippen molar-refractivity contribution in [2.45, 2.75) is 43.9 Å². The summed E-state index contributed by atoms with van der Waals surface area (Å²) in [5.41, 5.74) is 7.02. The molecule has 0 radical (unpaired) electrons. The van der Waals surface area contributed by atoms with Gasteiger partial charge in [-0.3, -0.25) is 0 Å². The number of hydrogen-bond acceptors (Lipinski definition) is 6. The number of rotatable bonds is 7. The van der Waals surface area contributed by atoms with Crippen molar-refractivity contribution in [3.05, 3.63) is 100 Å². The van der Waals surface area contributed by atoms with Gasteiger partial charge in [-0.1, -0.05) is 60.7 Å². The van der Waals surface area contributed by atoms with Gasteiger partial charge in [0.25, 0.3) is 0 Å². The summed E-state index contributed by atoms with van der Waals surface area (Å²) in [6, 6.07) is 19.0. The molecule has 0 bridgehead atoms. The summed E-state index contributed by atoms with van der Waals surface area (Å²) in [7, 11) is 0. The van der Waals surface area contributed by atoms with E-state index in [0.717, 1.165) is 45.6 Å². The maximum atomic E-state index is 10.7. The van der Waals surface area contributed by atoms with Gasteiger partial charge in [0.1, 0.15) is 12.1 Å². The first-order valence-electron chi connectivity index (χ1n) is 11.8. The van der Waals surface area contributed by atoms with Crippen molar-refractivity contribution >= 4 is 27.4 Å². The molecule has 2 aliphatic rings. The minimum atomic E-state index is -0.481. The highest BCUT2D eigenvalue weighted by atomic mass is 32.1. The van der Waals surface area contributed by atoms with Gasteiger partial charge in [-0.25, -0.2) is 9.97 Å². The number of aliphatic hydroxyl groups is 1. The number of aromatic nitrogens is 2. The number of hydrogen-bond donors (Lipinski definition) is 2. The van der Waals surface area contributed by atoms with Crippen LogP contribution in [-0.4, -0.2) is 27.8 Å². The zero-order chi connectivity index (χ0) is 22.9. The van der Waals surface area contributed by atoms with Crippen molar-refractivity contribution in [1.82, 2.24) is 9.97 Å². The summed E-state index contributed by atoms with van der Waals surface area (Å²) in [6.45, 7) is 0.987. The van der Waals surface area contributed by atoms with E-state index < -0.39 is 6.10 Å². The summed E-state index contributed by atoms with van der Waals surface area (Å²) in [4.78, 5) is 9.22. The molecule has 0 fully saturated rings. The molecule has 0 amide bonds. The number of aliphatic hydroxyl groups excluding tert-OH is 1. The highest BCUT2D eigenvalue weighted by Gasteiger charge is 2.29. The van der Waals surface area contributed by atoms with Gasteiger partial charge in [-0.2, -0.15) is 0 Å². The third-order valence-electron chi connectivity index (χ3n) is 6.93. The molecule has 6 rings (SSSR count). The topological polar surface area (TPSA) is 67.3 Å². The van der Waals surface area contributed by atoms with Crippen LogP contribution in [0.4, 0.5) is 5.82 Å². The van der Waals surface area contributed by atoms with Gasteiger partial charge in [0.15, 0.2) is 0 Å². The van der Waals surface area contributed by atoms with Crippen molar-refractivity contribution in [1.29, 1.82) is 0 Å². The molecule has 2 aliphatic carbocycles. The van der Waals surface area contributed by atoms with Gasteiger partial charge in [0.05, 0.1) is 35.6 Å². The molecule has 0 saturated heterocycles. The molecule has 2 heterocycles. The molecule has 3 atom stereocenters. The molecule has 0 unspecified atom stereocenters. The molecule has 34 heavy (non-hydrogen) atoms. The Bertz CT molecular complexity index is 1330. The lowest BCUT2D eigenvalue weighted by Gasteiger charge is -2.15. The van der Waals surface area contributed by atoms with E-state index in [0.29, 0.717) is 19.6 Å². The van der Waals surface area contributed by atoms with Gasteiger partial charge in [-0.05, 0) is 52.5 Å². The van der Waals surface area contributed by atoms with E-state index in [-0.39, 0.29) is 12.0 Å². The molecule has 0 saturated carbocycles. The standard InChI is InChI=1S/C28H27N3O2S/c32-25-13-20(12-21(25)15-33-14-18-6-2-1-3-7-18)23-16-34-27-26(23)29-17-30-28(27)31-24-11-10-19-8-4-5-9-22(19)24/h1-9,12,16-17,20,24-25,32H,10-11,13-15H2,(H,29,30,31)/t20-,24+,25-/m1/s1. The zero-order valence-corrected chi connectivity index (χ0v) is 19.7. The first kappa shape index (κ1) is 21.5. The highest BCUT2D eigenvalue weighted by molar-refractivity contribution is 7.18. The van der Waals surface area contributed by atoms with E-state index in [1.807, 2.05) is 18.2 Å². The van der Waals surface area contributed by atoms with Crippen LogP contribution in [0.3, 0.4) is 0 Å². The fraction of sp³-hybridized carbons (Fsp3) is 0.286. The molecule has 0 spiro atoms. The van der Waals surface area contributed by atoms with Crippen LogP contribution in [0.2, 0.25) is 0 Å². The largest absolute Gasteiger partial charge is 0.389 e.